The molecule has 3 aromatic rings. The Kier molecular flexibility index (Phi) is 6.56. The van der Waals surface area contributed by atoms with E-state index < -0.39 is 0 Å². The standard InChI is InChI=1S/C21H23N5OS3/c1-3-13-7-8-14-15(11-22)20(30-17(14)10-13)23-18(27)12-29-21-25-24-19(26(21)4-2)16-6-5-9-28-16/h5-6,9,13H,3-4,7-8,10,12H2,1-2H3,(H,23,27). The number of nitriles is 1. The monoisotopic (exact) mass is 457 g/mol. The van der Waals surface area contributed by atoms with Crippen molar-refractivity contribution in [1.82, 2.24) is 14.8 Å². The summed E-state index contributed by atoms with van der Waals surface area (Å²) < 4.78 is 2.03. The molecule has 9 heteroatoms. The summed E-state index contributed by atoms with van der Waals surface area (Å²) in [6.07, 6.45) is 4.23. The SMILES string of the molecule is CCC1CCc2c(sc(NC(=O)CSc3nnc(-c4cccs4)n3CC)c2C#N)C1. The third-order valence-corrected chi connectivity index (χ3v) is 8.42. The van der Waals surface area contributed by atoms with Gasteiger partial charge in [0.25, 0.3) is 0 Å². The molecule has 0 spiro atoms. The molecule has 3 heterocycles. The van der Waals surface area contributed by atoms with E-state index >= 15 is 0 Å². The number of carbonyl (C=O) groups excluding carboxylic acids is 1. The topological polar surface area (TPSA) is 83.6 Å². The molecule has 1 N–H and O–H groups in total. The number of anilines is 1. The number of nitrogens with one attached hydrogen (secondary N) is 1. The molecule has 0 aromatic carbocycles. The van der Waals surface area contributed by atoms with E-state index in [9.17, 15) is 10.1 Å². The molecule has 30 heavy (non-hydrogen) atoms. The maximum Gasteiger partial charge on any atom is 0.235 e. The first-order valence-electron chi connectivity index (χ1n) is 10.1. The minimum Gasteiger partial charge on any atom is -0.316 e. The lowest BCUT2D eigenvalue weighted by Crippen LogP contribution is -2.15. The minimum absolute atomic E-state index is 0.120. The largest absolute Gasteiger partial charge is 0.316 e. The number of nitrogens with zero attached hydrogens (tertiary/aromatic N) is 4. The number of hydrogen-bond donors (Lipinski definition) is 1. The number of fused-ring (bicyclic) bond motifs is 1. The van der Waals surface area contributed by atoms with Crippen molar-refractivity contribution in [2.75, 3.05) is 11.1 Å². The number of thioether (sulfide) groups is 1. The van der Waals surface area contributed by atoms with Crippen LogP contribution in [0.4, 0.5) is 5.00 Å². The lowest BCUT2D eigenvalue weighted by molar-refractivity contribution is -0.113. The predicted molar refractivity (Wildman–Crippen MR) is 123 cm³/mol. The predicted octanol–water partition coefficient (Wildman–Crippen LogP) is 5.21. The average Bonchev–Trinajstić information content (AvgIpc) is 3.48. The van der Waals surface area contributed by atoms with Crippen molar-refractivity contribution in [3.05, 3.63) is 33.5 Å². The number of aromatic nitrogens is 3. The summed E-state index contributed by atoms with van der Waals surface area (Å²) in [5, 5.41) is 24.6. The van der Waals surface area contributed by atoms with Crippen LogP contribution in [0.15, 0.2) is 22.7 Å². The summed E-state index contributed by atoms with van der Waals surface area (Å²) in [5.74, 6) is 1.62. The van der Waals surface area contributed by atoms with E-state index in [4.69, 9.17) is 0 Å². The molecule has 1 atom stereocenters. The van der Waals surface area contributed by atoms with Gasteiger partial charge in [-0.15, -0.1) is 32.9 Å². The molecule has 1 amide bonds. The Bertz CT molecular complexity index is 1080. The molecule has 0 saturated carbocycles. The molecule has 6 nitrogen and oxygen atoms in total. The second kappa shape index (κ2) is 9.33. The zero-order chi connectivity index (χ0) is 21.1. The van der Waals surface area contributed by atoms with E-state index in [2.05, 4.69) is 28.5 Å². The number of amides is 1. The summed E-state index contributed by atoms with van der Waals surface area (Å²) in [7, 11) is 0. The van der Waals surface area contributed by atoms with Crippen LogP contribution in [0.5, 0.6) is 0 Å². The van der Waals surface area contributed by atoms with Crippen molar-refractivity contribution in [3.63, 3.8) is 0 Å². The van der Waals surface area contributed by atoms with Gasteiger partial charge in [0.1, 0.15) is 11.1 Å². The number of hydrogen-bond acceptors (Lipinski definition) is 7. The van der Waals surface area contributed by atoms with Crippen LogP contribution in [0.25, 0.3) is 10.7 Å². The molecule has 1 aliphatic carbocycles. The van der Waals surface area contributed by atoms with Crippen LogP contribution >= 0.6 is 34.4 Å². The lowest BCUT2D eigenvalue weighted by atomic mass is 9.86. The number of rotatable bonds is 7. The van der Waals surface area contributed by atoms with Gasteiger partial charge in [-0.3, -0.25) is 4.79 Å². The van der Waals surface area contributed by atoms with Crippen LogP contribution < -0.4 is 5.32 Å². The van der Waals surface area contributed by atoms with Crippen LogP contribution in [0.3, 0.4) is 0 Å². The van der Waals surface area contributed by atoms with Gasteiger partial charge < -0.3 is 9.88 Å². The molecule has 0 aliphatic heterocycles. The first-order chi connectivity index (χ1) is 14.6. The van der Waals surface area contributed by atoms with E-state index in [-0.39, 0.29) is 11.7 Å². The summed E-state index contributed by atoms with van der Waals surface area (Å²) in [6.45, 7) is 5.00. The van der Waals surface area contributed by atoms with Gasteiger partial charge in [-0.1, -0.05) is 31.2 Å². The fraction of sp³-hybridized carbons (Fsp3) is 0.429. The van der Waals surface area contributed by atoms with Gasteiger partial charge in [-0.2, -0.15) is 5.26 Å². The Balaban J connectivity index is 1.44. The highest BCUT2D eigenvalue weighted by molar-refractivity contribution is 7.99. The van der Waals surface area contributed by atoms with Crippen LogP contribution in [0.1, 0.15) is 42.7 Å². The maximum absolute atomic E-state index is 12.6. The highest BCUT2D eigenvalue weighted by atomic mass is 32.2. The van der Waals surface area contributed by atoms with Crippen LogP contribution in [-0.4, -0.2) is 26.4 Å². The van der Waals surface area contributed by atoms with Crippen molar-refractivity contribution in [1.29, 1.82) is 5.26 Å². The van der Waals surface area contributed by atoms with Crippen LogP contribution in [0, 0.1) is 17.2 Å². The van der Waals surface area contributed by atoms with Gasteiger partial charge in [0.15, 0.2) is 11.0 Å². The Morgan fingerprint density at radius 3 is 3.00 bits per heavy atom. The maximum atomic E-state index is 12.6. The fourth-order valence-corrected chi connectivity index (χ4v) is 6.62. The summed E-state index contributed by atoms with van der Waals surface area (Å²) in [4.78, 5) is 15.0. The molecule has 156 valence electrons. The van der Waals surface area contributed by atoms with Crippen molar-refractivity contribution in [2.24, 2.45) is 5.92 Å². The Hall–Kier alpha value is -2.15. The highest BCUT2D eigenvalue weighted by Crippen LogP contribution is 2.40. The molecule has 4 rings (SSSR count). The van der Waals surface area contributed by atoms with E-state index in [1.807, 2.05) is 29.0 Å². The molecule has 0 saturated heterocycles. The first kappa shape index (κ1) is 21.1. The minimum atomic E-state index is -0.120. The van der Waals surface area contributed by atoms with Gasteiger partial charge in [0, 0.05) is 11.4 Å². The normalized spacial score (nSPS) is 15.6. The van der Waals surface area contributed by atoms with Gasteiger partial charge in [0.2, 0.25) is 5.91 Å². The van der Waals surface area contributed by atoms with Crippen molar-refractivity contribution >= 4 is 45.3 Å². The third-order valence-electron chi connectivity index (χ3n) is 5.42. The Labute approximate surface area is 188 Å². The summed E-state index contributed by atoms with van der Waals surface area (Å²) in [5.41, 5.74) is 1.79. The molecule has 3 aromatic heterocycles. The summed E-state index contributed by atoms with van der Waals surface area (Å²) >= 11 is 4.57. The fourth-order valence-electron chi connectivity index (χ4n) is 3.77. The van der Waals surface area contributed by atoms with E-state index in [0.29, 0.717) is 16.5 Å². The average molecular weight is 458 g/mol. The Morgan fingerprint density at radius 2 is 2.30 bits per heavy atom. The smallest absolute Gasteiger partial charge is 0.235 e. The second-order valence-electron chi connectivity index (χ2n) is 7.20. The molecule has 1 unspecified atom stereocenters. The number of thiophene rings is 2. The van der Waals surface area contributed by atoms with Crippen LogP contribution in [-0.2, 0) is 24.2 Å². The van der Waals surface area contributed by atoms with E-state index in [1.54, 1.807) is 22.7 Å². The molecule has 0 radical (unpaired) electrons. The van der Waals surface area contributed by atoms with Gasteiger partial charge in [0.05, 0.1) is 16.2 Å². The second-order valence-corrected chi connectivity index (χ2v) is 10.2. The van der Waals surface area contributed by atoms with Crippen LogP contribution in [0.2, 0.25) is 0 Å². The summed E-state index contributed by atoms with van der Waals surface area (Å²) in [6, 6.07) is 6.33. The molecular weight excluding hydrogens is 434 g/mol. The first-order valence-corrected chi connectivity index (χ1v) is 12.8. The molecule has 0 bridgehead atoms. The van der Waals surface area contributed by atoms with Gasteiger partial charge in [-0.05, 0) is 49.1 Å². The van der Waals surface area contributed by atoms with Crippen molar-refractivity contribution in [2.45, 2.75) is 51.2 Å². The van der Waals surface area contributed by atoms with Gasteiger partial charge >= 0.3 is 0 Å². The van der Waals surface area contributed by atoms with Crippen molar-refractivity contribution in [3.8, 4) is 16.8 Å². The lowest BCUT2D eigenvalue weighted by Gasteiger charge is -2.20. The zero-order valence-electron chi connectivity index (χ0n) is 17.0. The highest BCUT2D eigenvalue weighted by Gasteiger charge is 2.26. The quantitative estimate of drug-likeness (QED) is 0.493. The molecule has 1 aliphatic rings. The Morgan fingerprint density at radius 1 is 1.43 bits per heavy atom. The molecular formula is C21H23N5OS3. The molecule has 0 fully saturated rings. The zero-order valence-corrected chi connectivity index (χ0v) is 19.4. The third kappa shape index (κ3) is 4.17. The van der Waals surface area contributed by atoms with E-state index in [0.717, 1.165) is 53.6 Å². The van der Waals surface area contributed by atoms with E-state index in [1.165, 1.54) is 16.6 Å². The van der Waals surface area contributed by atoms with Crippen molar-refractivity contribution < 1.29 is 4.79 Å². The number of carbonyl (C=O) groups is 1. The van der Waals surface area contributed by atoms with Gasteiger partial charge in [-0.25, -0.2) is 0 Å².